The first-order valence-electron chi connectivity index (χ1n) is 8.53. The van der Waals surface area contributed by atoms with Crippen LogP contribution in [0, 0.1) is 0 Å². The molecule has 142 valence electrons. The smallest absolute Gasteiger partial charge is 0.196 e. The Morgan fingerprint density at radius 1 is 1.07 bits per heavy atom. The highest BCUT2D eigenvalue weighted by Gasteiger charge is 2.17. The summed E-state index contributed by atoms with van der Waals surface area (Å²) in [5.74, 6) is 1.43. The molecular formula is C19H15Cl2N5S2. The molecule has 1 aromatic carbocycles. The van der Waals surface area contributed by atoms with Crippen molar-refractivity contribution in [3.05, 3.63) is 68.9 Å². The second kappa shape index (κ2) is 8.61. The Labute approximate surface area is 180 Å². The molecule has 9 heteroatoms. The largest absolute Gasteiger partial charge is 0.270 e. The van der Waals surface area contributed by atoms with Gasteiger partial charge in [0.1, 0.15) is 0 Å². The van der Waals surface area contributed by atoms with Gasteiger partial charge in [-0.15, -0.1) is 21.5 Å². The van der Waals surface area contributed by atoms with Crippen LogP contribution in [0.2, 0.25) is 10.0 Å². The predicted octanol–water partition coefficient (Wildman–Crippen LogP) is 5.95. The van der Waals surface area contributed by atoms with Gasteiger partial charge in [0.25, 0.3) is 0 Å². The number of rotatable bonds is 6. The van der Waals surface area contributed by atoms with Crippen LogP contribution in [0.25, 0.3) is 17.1 Å². The number of hydrogen-bond acceptors (Lipinski definition) is 6. The lowest BCUT2D eigenvalue weighted by atomic mass is 10.2. The van der Waals surface area contributed by atoms with E-state index >= 15 is 0 Å². The van der Waals surface area contributed by atoms with Crippen LogP contribution in [-0.4, -0.2) is 24.7 Å². The van der Waals surface area contributed by atoms with E-state index < -0.39 is 0 Å². The number of hydrogen-bond donors (Lipinski definition) is 0. The number of aryl methyl sites for hydroxylation is 1. The number of thioether (sulfide) groups is 1. The van der Waals surface area contributed by atoms with E-state index in [0.29, 0.717) is 15.8 Å². The highest BCUT2D eigenvalue weighted by atomic mass is 35.5. The van der Waals surface area contributed by atoms with Gasteiger partial charge in [0.15, 0.2) is 11.0 Å². The minimum absolute atomic E-state index is 0.483. The lowest BCUT2D eigenvalue weighted by Gasteiger charge is -2.11. The van der Waals surface area contributed by atoms with Crippen LogP contribution in [0.15, 0.2) is 53.3 Å². The summed E-state index contributed by atoms with van der Waals surface area (Å²) in [7, 11) is 0. The van der Waals surface area contributed by atoms with Gasteiger partial charge in [-0.2, -0.15) is 0 Å². The van der Waals surface area contributed by atoms with E-state index in [0.717, 1.165) is 39.4 Å². The van der Waals surface area contributed by atoms with Crippen molar-refractivity contribution in [2.75, 3.05) is 0 Å². The Morgan fingerprint density at radius 3 is 2.61 bits per heavy atom. The summed E-state index contributed by atoms with van der Waals surface area (Å²) in [6, 6.07) is 9.31. The van der Waals surface area contributed by atoms with E-state index in [1.165, 1.54) is 0 Å². The van der Waals surface area contributed by atoms with Gasteiger partial charge < -0.3 is 0 Å². The molecule has 0 unspecified atom stereocenters. The molecule has 0 aliphatic rings. The summed E-state index contributed by atoms with van der Waals surface area (Å²) in [5, 5.41) is 13.8. The molecule has 3 aromatic heterocycles. The topological polar surface area (TPSA) is 56.5 Å². The fraction of sp³-hybridized carbons (Fsp3) is 0.158. The van der Waals surface area contributed by atoms with E-state index in [9.17, 15) is 0 Å². The summed E-state index contributed by atoms with van der Waals surface area (Å²) in [5.41, 5.74) is 2.81. The third-order valence-corrected chi connectivity index (χ3v) is 6.73. The van der Waals surface area contributed by atoms with Crippen molar-refractivity contribution < 1.29 is 0 Å². The van der Waals surface area contributed by atoms with Crippen LogP contribution >= 0.6 is 46.3 Å². The standard InChI is InChI=1S/C19H15Cl2N5S2/c1-2-17-23-13(10-27-17)11-28-19-25-24-18(12-5-7-22-8-6-12)26(19)14-3-4-15(20)16(21)9-14/h3-10H,2,11H2,1H3. The van der Waals surface area contributed by atoms with E-state index in [2.05, 4.69) is 32.5 Å². The Morgan fingerprint density at radius 2 is 1.89 bits per heavy atom. The molecule has 0 N–H and O–H groups in total. The molecule has 0 bridgehead atoms. The molecule has 0 saturated carbocycles. The first-order chi connectivity index (χ1) is 13.7. The van der Waals surface area contributed by atoms with Crippen molar-refractivity contribution in [1.82, 2.24) is 24.7 Å². The second-order valence-corrected chi connectivity index (χ2v) is 8.55. The Hall–Kier alpha value is -1.93. The van der Waals surface area contributed by atoms with Gasteiger partial charge >= 0.3 is 0 Å². The van der Waals surface area contributed by atoms with Crippen LogP contribution in [0.1, 0.15) is 17.6 Å². The minimum atomic E-state index is 0.483. The summed E-state index contributed by atoms with van der Waals surface area (Å²) in [6.07, 6.45) is 4.41. The number of pyridine rings is 1. The fourth-order valence-corrected chi connectivity index (χ4v) is 4.61. The predicted molar refractivity (Wildman–Crippen MR) is 116 cm³/mol. The van der Waals surface area contributed by atoms with Crippen molar-refractivity contribution in [2.24, 2.45) is 0 Å². The van der Waals surface area contributed by atoms with Crippen LogP contribution in [0.4, 0.5) is 0 Å². The van der Waals surface area contributed by atoms with Gasteiger partial charge in [-0.05, 0) is 36.8 Å². The number of halogens is 2. The lowest BCUT2D eigenvalue weighted by Crippen LogP contribution is -2.00. The van der Waals surface area contributed by atoms with Gasteiger partial charge in [-0.25, -0.2) is 4.98 Å². The maximum atomic E-state index is 6.26. The van der Waals surface area contributed by atoms with Crippen LogP contribution in [-0.2, 0) is 12.2 Å². The Balaban J connectivity index is 1.73. The third-order valence-electron chi connectivity index (χ3n) is 3.98. The van der Waals surface area contributed by atoms with Gasteiger partial charge in [-0.1, -0.05) is 41.9 Å². The zero-order valence-electron chi connectivity index (χ0n) is 14.8. The van der Waals surface area contributed by atoms with E-state index in [1.54, 1.807) is 41.6 Å². The molecule has 4 rings (SSSR count). The molecule has 0 aliphatic heterocycles. The molecule has 5 nitrogen and oxygen atoms in total. The third kappa shape index (κ3) is 4.07. The molecule has 4 aromatic rings. The normalized spacial score (nSPS) is 11.1. The van der Waals surface area contributed by atoms with Gasteiger partial charge in [0.2, 0.25) is 0 Å². The quantitative estimate of drug-likeness (QED) is 0.341. The molecule has 0 amide bonds. The first-order valence-corrected chi connectivity index (χ1v) is 11.1. The number of aromatic nitrogens is 5. The zero-order valence-corrected chi connectivity index (χ0v) is 18.0. The van der Waals surface area contributed by atoms with Gasteiger partial charge in [-0.3, -0.25) is 9.55 Å². The summed E-state index contributed by atoms with van der Waals surface area (Å²) < 4.78 is 1.98. The SMILES string of the molecule is CCc1nc(CSc2nnc(-c3ccncc3)n2-c2ccc(Cl)c(Cl)c2)cs1. The van der Waals surface area contributed by atoms with Crippen LogP contribution in [0.5, 0.6) is 0 Å². The number of nitrogens with zero attached hydrogens (tertiary/aromatic N) is 5. The van der Waals surface area contributed by atoms with Gasteiger partial charge in [0.05, 0.1) is 26.4 Å². The molecule has 28 heavy (non-hydrogen) atoms. The molecule has 0 atom stereocenters. The number of thiazole rings is 1. The van der Waals surface area contributed by atoms with Crippen LogP contribution in [0.3, 0.4) is 0 Å². The average Bonchev–Trinajstić information content (AvgIpc) is 3.36. The van der Waals surface area contributed by atoms with E-state index in [-0.39, 0.29) is 0 Å². The molecule has 0 spiro atoms. The molecular weight excluding hydrogens is 433 g/mol. The van der Waals surface area contributed by atoms with Crippen molar-refractivity contribution in [1.29, 1.82) is 0 Å². The monoisotopic (exact) mass is 447 g/mol. The first kappa shape index (κ1) is 19.4. The molecule has 3 heterocycles. The van der Waals surface area contributed by atoms with Crippen molar-refractivity contribution >= 4 is 46.3 Å². The Bertz CT molecular complexity index is 1090. The summed E-state index contributed by atoms with van der Waals surface area (Å²) >= 11 is 15.6. The molecule has 0 saturated heterocycles. The lowest BCUT2D eigenvalue weighted by molar-refractivity contribution is 0.885. The number of benzene rings is 1. The summed E-state index contributed by atoms with van der Waals surface area (Å²) in [4.78, 5) is 8.71. The highest BCUT2D eigenvalue weighted by Crippen LogP contribution is 2.32. The van der Waals surface area contributed by atoms with Crippen molar-refractivity contribution in [3.8, 4) is 17.1 Å². The minimum Gasteiger partial charge on any atom is -0.270 e. The maximum absolute atomic E-state index is 6.26. The van der Waals surface area contributed by atoms with Crippen molar-refractivity contribution in [2.45, 2.75) is 24.3 Å². The maximum Gasteiger partial charge on any atom is 0.196 e. The zero-order chi connectivity index (χ0) is 19.5. The molecule has 0 radical (unpaired) electrons. The fourth-order valence-electron chi connectivity index (χ4n) is 2.62. The van der Waals surface area contributed by atoms with Gasteiger partial charge in [0, 0.05) is 29.1 Å². The molecule has 0 fully saturated rings. The Kier molecular flexibility index (Phi) is 5.96. The highest BCUT2D eigenvalue weighted by molar-refractivity contribution is 7.98. The van der Waals surface area contributed by atoms with E-state index in [4.69, 9.17) is 23.2 Å². The molecule has 0 aliphatic carbocycles. The van der Waals surface area contributed by atoms with Crippen LogP contribution < -0.4 is 0 Å². The average molecular weight is 448 g/mol. The van der Waals surface area contributed by atoms with E-state index in [1.807, 2.05) is 28.8 Å². The second-order valence-electron chi connectivity index (χ2n) is 5.85. The van der Waals surface area contributed by atoms with Crippen molar-refractivity contribution in [3.63, 3.8) is 0 Å². The summed E-state index contributed by atoms with van der Waals surface area (Å²) in [6.45, 7) is 2.11.